The number of hydrogen-bond donors (Lipinski definition) is 0. The van der Waals surface area contributed by atoms with E-state index in [4.69, 9.17) is 9.47 Å². The summed E-state index contributed by atoms with van der Waals surface area (Å²) in [5, 5.41) is 0. The van der Waals surface area contributed by atoms with Crippen LogP contribution in [0.5, 0.6) is 5.75 Å². The molecule has 0 aliphatic rings. The average Bonchev–Trinajstić information content (AvgIpc) is 3.13. The van der Waals surface area contributed by atoms with Gasteiger partial charge in [-0.05, 0) is 49.2 Å². The van der Waals surface area contributed by atoms with Crippen molar-refractivity contribution in [1.29, 1.82) is 0 Å². The molecule has 31 heavy (non-hydrogen) atoms. The Bertz CT molecular complexity index is 1180. The average molecular weight is 412 g/mol. The van der Waals surface area contributed by atoms with Gasteiger partial charge in [0.25, 0.3) is 0 Å². The summed E-state index contributed by atoms with van der Waals surface area (Å²) in [5.74, 6) is 0.465. The molecule has 0 bridgehead atoms. The molecule has 0 amide bonds. The fourth-order valence-electron chi connectivity index (χ4n) is 3.95. The lowest BCUT2D eigenvalue weighted by Crippen LogP contribution is -2.07. The first-order valence-corrected chi connectivity index (χ1v) is 10.3. The fraction of sp³-hybridized carbons (Fsp3) is 0.148. The minimum atomic E-state index is -0.316. The Labute approximate surface area is 182 Å². The molecule has 0 aliphatic heterocycles. The van der Waals surface area contributed by atoms with Crippen molar-refractivity contribution in [2.45, 2.75) is 13.8 Å². The summed E-state index contributed by atoms with van der Waals surface area (Å²) >= 11 is 0. The Kier molecular flexibility index (Phi) is 5.89. The number of hydrogen-bond acceptors (Lipinski definition) is 3. The lowest BCUT2D eigenvalue weighted by Gasteiger charge is -2.14. The van der Waals surface area contributed by atoms with E-state index in [2.05, 4.69) is 16.7 Å². The highest BCUT2D eigenvalue weighted by Crippen LogP contribution is 2.41. The molecule has 0 N–H and O–H groups in total. The van der Waals surface area contributed by atoms with Crippen molar-refractivity contribution < 1.29 is 14.3 Å². The minimum Gasteiger partial charge on any atom is -0.497 e. The lowest BCUT2D eigenvalue weighted by atomic mass is 9.97. The highest BCUT2D eigenvalue weighted by molar-refractivity contribution is 6.04. The van der Waals surface area contributed by atoms with E-state index < -0.39 is 0 Å². The Morgan fingerprint density at radius 2 is 1.42 bits per heavy atom. The summed E-state index contributed by atoms with van der Waals surface area (Å²) < 4.78 is 12.9. The molecule has 0 aliphatic carbocycles. The SMILES string of the molecule is CCOC(=O)c1c(-c2ccccc2)c(-c2ccccc2)n(-c2ccc(OC)cc2)c1C. The fourth-order valence-corrected chi connectivity index (χ4v) is 3.95. The van der Waals surface area contributed by atoms with Crippen LogP contribution >= 0.6 is 0 Å². The van der Waals surface area contributed by atoms with Crippen LogP contribution in [0.1, 0.15) is 23.0 Å². The summed E-state index contributed by atoms with van der Waals surface area (Å²) in [5.41, 5.74) is 6.20. The zero-order chi connectivity index (χ0) is 21.8. The van der Waals surface area contributed by atoms with E-state index in [0.29, 0.717) is 12.2 Å². The van der Waals surface area contributed by atoms with E-state index in [-0.39, 0.29) is 5.97 Å². The standard InChI is InChI=1S/C27H25NO3/c1-4-31-27(29)24-19(2)28(22-15-17-23(30-3)18-16-22)26(21-13-9-6-10-14-21)25(24)20-11-7-5-8-12-20/h5-18H,4H2,1-3H3. The van der Waals surface area contributed by atoms with Crippen LogP contribution in [-0.4, -0.2) is 24.3 Å². The van der Waals surface area contributed by atoms with Gasteiger partial charge >= 0.3 is 5.97 Å². The molecule has 0 spiro atoms. The predicted octanol–water partition coefficient (Wildman–Crippen LogP) is 6.31. The van der Waals surface area contributed by atoms with Gasteiger partial charge in [0, 0.05) is 16.9 Å². The molecular formula is C27H25NO3. The van der Waals surface area contributed by atoms with E-state index >= 15 is 0 Å². The highest BCUT2D eigenvalue weighted by Gasteiger charge is 2.28. The van der Waals surface area contributed by atoms with Crippen LogP contribution in [0.25, 0.3) is 28.1 Å². The maximum absolute atomic E-state index is 13.1. The molecule has 0 saturated carbocycles. The number of methoxy groups -OCH3 is 1. The Morgan fingerprint density at radius 3 is 1.97 bits per heavy atom. The number of rotatable bonds is 6. The van der Waals surface area contributed by atoms with Gasteiger partial charge in [-0.2, -0.15) is 0 Å². The second-order valence-corrected chi connectivity index (χ2v) is 7.17. The summed E-state index contributed by atoms with van der Waals surface area (Å²) in [4.78, 5) is 13.1. The first-order valence-electron chi connectivity index (χ1n) is 10.3. The third-order valence-corrected chi connectivity index (χ3v) is 5.33. The second kappa shape index (κ2) is 8.92. The number of nitrogens with zero attached hydrogens (tertiary/aromatic N) is 1. The van der Waals surface area contributed by atoms with E-state index in [1.807, 2.05) is 86.6 Å². The van der Waals surface area contributed by atoms with Crippen LogP contribution in [0.4, 0.5) is 0 Å². The normalized spacial score (nSPS) is 10.7. The van der Waals surface area contributed by atoms with Crippen molar-refractivity contribution in [2.75, 3.05) is 13.7 Å². The van der Waals surface area contributed by atoms with Crippen LogP contribution < -0.4 is 4.74 Å². The monoisotopic (exact) mass is 411 g/mol. The summed E-state index contributed by atoms with van der Waals surface area (Å²) in [6.45, 7) is 4.12. The summed E-state index contributed by atoms with van der Waals surface area (Å²) in [6, 6.07) is 28.0. The maximum Gasteiger partial charge on any atom is 0.340 e. The van der Waals surface area contributed by atoms with Crippen molar-refractivity contribution >= 4 is 5.97 Å². The largest absolute Gasteiger partial charge is 0.497 e. The Morgan fingerprint density at radius 1 is 0.839 bits per heavy atom. The van der Waals surface area contributed by atoms with Crippen LogP contribution in [0.2, 0.25) is 0 Å². The van der Waals surface area contributed by atoms with Crippen LogP contribution in [0.3, 0.4) is 0 Å². The van der Waals surface area contributed by atoms with Crippen LogP contribution in [0.15, 0.2) is 84.9 Å². The molecule has 4 aromatic rings. The number of carbonyl (C=O) groups is 1. The summed E-state index contributed by atoms with van der Waals surface area (Å²) in [6.07, 6.45) is 0. The number of benzene rings is 3. The number of esters is 1. The zero-order valence-corrected chi connectivity index (χ0v) is 18.0. The quantitative estimate of drug-likeness (QED) is 0.349. The van der Waals surface area contributed by atoms with Gasteiger partial charge in [0.1, 0.15) is 5.75 Å². The van der Waals surface area contributed by atoms with Gasteiger partial charge in [-0.3, -0.25) is 0 Å². The zero-order valence-electron chi connectivity index (χ0n) is 18.0. The maximum atomic E-state index is 13.1. The molecule has 0 fully saturated rings. The number of carbonyl (C=O) groups excluding carboxylic acids is 1. The molecule has 3 aromatic carbocycles. The van der Waals surface area contributed by atoms with Crippen molar-refractivity contribution in [2.24, 2.45) is 0 Å². The molecule has 0 saturated heterocycles. The predicted molar refractivity (Wildman–Crippen MR) is 124 cm³/mol. The summed E-state index contributed by atoms with van der Waals surface area (Å²) in [7, 11) is 1.65. The Hall–Kier alpha value is -3.79. The molecule has 156 valence electrons. The Balaban J connectivity index is 2.09. The van der Waals surface area contributed by atoms with Gasteiger partial charge in [-0.1, -0.05) is 60.7 Å². The third kappa shape index (κ3) is 3.84. The molecule has 0 atom stereocenters. The molecule has 0 unspecified atom stereocenters. The van der Waals surface area contributed by atoms with Gasteiger partial charge in [0.05, 0.1) is 25.0 Å². The molecular weight excluding hydrogens is 386 g/mol. The van der Waals surface area contributed by atoms with Crippen LogP contribution in [-0.2, 0) is 4.74 Å². The van der Waals surface area contributed by atoms with Gasteiger partial charge in [0.2, 0.25) is 0 Å². The molecule has 4 rings (SSSR count). The lowest BCUT2D eigenvalue weighted by molar-refractivity contribution is 0.0526. The van der Waals surface area contributed by atoms with E-state index in [0.717, 1.165) is 39.5 Å². The molecule has 0 radical (unpaired) electrons. The number of aromatic nitrogens is 1. The molecule has 4 nitrogen and oxygen atoms in total. The smallest absolute Gasteiger partial charge is 0.340 e. The van der Waals surface area contributed by atoms with Gasteiger partial charge in [-0.15, -0.1) is 0 Å². The van der Waals surface area contributed by atoms with Gasteiger partial charge in [-0.25, -0.2) is 4.79 Å². The second-order valence-electron chi connectivity index (χ2n) is 7.17. The molecule has 4 heteroatoms. The molecule has 1 heterocycles. The third-order valence-electron chi connectivity index (χ3n) is 5.33. The van der Waals surface area contributed by atoms with Crippen molar-refractivity contribution in [1.82, 2.24) is 4.57 Å². The topological polar surface area (TPSA) is 40.5 Å². The van der Waals surface area contributed by atoms with Crippen molar-refractivity contribution in [3.05, 3.63) is 96.2 Å². The van der Waals surface area contributed by atoms with Crippen LogP contribution in [0, 0.1) is 6.92 Å². The highest BCUT2D eigenvalue weighted by atomic mass is 16.5. The van der Waals surface area contributed by atoms with Crippen molar-refractivity contribution in [3.63, 3.8) is 0 Å². The first-order chi connectivity index (χ1) is 15.2. The van der Waals surface area contributed by atoms with E-state index in [9.17, 15) is 4.79 Å². The molecule has 1 aromatic heterocycles. The van der Waals surface area contributed by atoms with Gasteiger partial charge in [0.15, 0.2) is 0 Å². The first kappa shape index (κ1) is 20.5. The minimum absolute atomic E-state index is 0.316. The van der Waals surface area contributed by atoms with E-state index in [1.54, 1.807) is 7.11 Å². The van der Waals surface area contributed by atoms with E-state index in [1.165, 1.54) is 0 Å². The number of ether oxygens (including phenoxy) is 2. The van der Waals surface area contributed by atoms with Crippen molar-refractivity contribution in [3.8, 4) is 33.8 Å². The van der Waals surface area contributed by atoms with Gasteiger partial charge < -0.3 is 14.0 Å².